The van der Waals surface area contributed by atoms with Crippen LogP contribution in [0.15, 0.2) is 40.5 Å². The van der Waals surface area contributed by atoms with E-state index in [1.807, 2.05) is 19.1 Å². The summed E-state index contributed by atoms with van der Waals surface area (Å²) in [6, 6.07) is 6.11. The van der Waals surface area contributed by atoms with E-state index >= 15 is 0 Å². The molecule has 0 atom stereocenters. The van der Waals surface area contributed by atoms with Crippen molar-refractivity contribution in [3.8, 4) is 0 Å². The van der Waals surface area contributed by atoms with Gasteiger partial charge in [-0.1, -0.05) is 18.2 Å². The van der Waals surface area contributed by atoms with Crippen molar-refractivity contribution in [3.05, 3.63) is 57.2 Å². The highest BCUT2D eigenvalue weighted by Crippen LogP contribution is 2.23. The number of benzene rings is 1. The van der Waals surface area contributed by atoms with E-state index in [1.54, 1.807) is 13.8 Å². The molecule has 0 spiro atoms. The Morgan fingerprint density at radius 2 is 1.19 bits per heavy atom. The fraction of sp³-hybridized carbons (Fsp3) is 0.333. The minimum Gasteiger partial charge on any atom is -0.289 e. The van der Waals surface area contributed by atoms with Gasteiger partial charge in [0.05, 0.1) is 0 Å². The van der Waals surface area contributed by atoms with Crippen LogP contribution in [0.4, 0.5) is 0 Å². The molecule has 3 rings (SSSR count). The fourth-order valence-electron chi connectivity index (χ4n) is 3.44. The van der Waals surface area contributed by atoms with Crippen LogP contribution in [0.25, 0.3) is 0 Å². The molecule has 0 fully saturated rings. The molecule has 2 aliphatic rings. The zero-order valence-corrected chi connectivity index (χ0v) is 15.7. The highest BCUT2D eigenvalue weighted by Gasteiger charge is 2.27. The minimum atomic E-state index is -0.312. The molecular formula is C21H22N2O4. The summed E-state index contributed by atoms with van der Waals surface area (Å²) in [4.78, 5) is 46.8. The van der Waals surface area contributed by atoms with Crippen LogP contribution >= 0.6 is 0 Å². The summed E-state index contributed by atoms with van der Waals surface area (Å²) in [5, 5.41) is 4.63. The quantitative estimate of drug-likeness (QED) is 0.751. The van der Waals surface area contributed by atoms with Gasteiger partial charge in [-0.25, -0.2) is 0 Å². The first kappa shape index (κ1) is 18.8. The van der Waals surface area contributed by atoms with E-state index in [2.05, 4.69) is 16.7 Å². The normalized spacial score (nSPS) is 17.1. The molecule has 4 amide bonds. The summed E-state index contributed by atoms with van der Waals surface area (Å²) >= 11 is 0. The van der Waals surface area contributed by atoms with E-state index in [1.165, 1.54) is 0 Å². The van der Waals surface area contributed by atoms with Crippen molar-refractivity contribution >= 4 is 23.6 Å². The van der Waals surface area contributed by atoms with Crippen molar-refractivity contribution in [2.45, 2.75) is 46.5 Å². The monoisotopic (exact) mass is 366 g/mol. The molecule has 0 aromatic heterocycles. The van der Waals surface area contributed by atoms with Crippen LogP contribution in [0.2, 0.25) is 0 Å². The third-order valence-electron chi connectivity index (χ3n) is 5.31. The Bertz CT molecular complexity index is 938. The van der Waals surface area contributed by atoms with Crippen molar-refractivity contribution in [2.24, 2.45) is 0 Å². The summed E-state index contributed by atoms with van der Waals surface area (Å²) in [7, 11) is 0. The Morgan fingerprint density at radius 3 is 1.67 bits per heavy atom. The number of hydrogen-bond donors (Lipinski definition) is 2. The van der Waals surface area contributed by atoms with E-state index in [0.717, 1.165) is 16.7 Å². The molecule has 0 unspecified atom stereocenters. The second-order valence-electron chi connectivity index (χ2n) is 7.03. The zero-order valence-electron chi connectivity index (χ0n) is 15.7. The van der Waals surface area contributed by atoms with Gasteiger partial charge in [-0.3, -0.25) is 29.8 Å². The molecule has 2 N–H and O–H groups in total. The summed E-state index contributed by atoms with van der Waals surface area (Å²) < 4.78 is 0. The number of hydrogen-bond acceptors (Lipinski definition) is 4. The molecule has 1 aromatic carbocycles. The molecule has 6 heteroatoms. The highest BCUT2D eigenvalue weighted by molar-refractivity contribution is 6.19. The number of amides is 4. The molecule has 27 heavy (non-hydrogen) atoms. The van der Waals surface area contributed by atoms with Crippen molar-refractivity contribution in [3.63, 3.8) is 0 Å². The van der Waals surface area contributed by atoms with Crippen molar-refractivity contribution in [1.29, 1.82) is 0 Å². The van der Waals surface area contributed by atoms with Gasteiger partial charge in [0, 0.05) is 22.3 Å². The van der Waals surface area contributed by atoms with Gasteiger partial charge in [0.1, 0.15) is 0 Å². The Hall–Kier alpha value is -3.02. The molecule has 0 saturated heterocycles. The smallest absolute Gasteiger partial charge is 0.254 e. The number of imide groups is 2. The number of carbonyl (C=O) groups is 4. The second-order valence-corrected chi connectivity index (χ2v) is 7.03. The Balaban J connectivity index is 1.70. The van der Waals surface area contributed by atoms with Crippen LogP contribution in [-0.2, 0) is 32.0 Å². The predicted molar refractivity (Wildman–Crippen MR) is 99.5 cm³/mol. The number of aryl methyl sites for hydroxylation is 3. The van der Waals surface area contributed by atoms with Gasteiger partial charge in [-0.2, -0.15) is 0 Å². The summed E-state index contributed by atoms with van der Waals surface area (Å²) in [6.07, 6.45) is 2.33. The van der Waals surface area contributed by atoms with Crippen LogP contribution in [0.3, 0.4) is 0 Å². The van der Waals surface area contributed by atoms with Gasteiger partial charge in [-0.05, 0) is 63.1 Å². The van der Waals surface area contributed by atoms with E-state index in [0.29, 0.717) is 48.0 Å². The van der Waals surface area contributed by atoms with Gasteiger partial charge in [0.15, 0.2) is 0 Å². The maximum Gasteiger partial charge on any atom is 0.254 e. The lowest BCUT2D eigenvalue weighted by molar-refractivity contribution is -0.125. The number of carbonyl (C=O) groups excluding carboxylic acids is 4. The third kappa shape index (κ3) is 3.74. The minimum absolute atomic E-state index is 0.300. The largest absolute Gasteiger partial charge is 0.289 e. The lowest BCUT2D eigenvalue weighted by Crippen LogP contribution is -2.23. The highest BCUT2D eigenvalue weighted by atomic mass is 16.2. The summed E-state index contributed by atoms with van der Waals surface area (Å²) in [5.41, 5.74) is 5.37. The molecule has 0 saturated carbocycles. The summed E-state index contributed by atoms with van der Waals surface area (Å²) in [6.45, 7) is 5.35. The first-order valence-electron chi connectivity index (χ1n) is 8.97. The molecule has 2 aliphatic heterocycles. The fourth-order valence-corrected chi connectivity index (χ4v) is 3.44. The molecule has 2 heterocycles. The predicted octanol–water partition coefficient (Wildman–Crippen LogP) is 1.81. The Morgan fingerprint density at radius 1 is 0.667 bits per heavy atom. The number of rotatable bonds is 6. The van der Waals surface area contributed by atoms with Crippen LogP contribution in [0, 0.1) is 6.92 Å². The Kier molecular flexibility index (Phi) is 5.08. The maximum absolute atomic E-state index is 11.8. The van der Waals surface area contributed by atoms with E-state index in [-0.39, 0.29) is 23.6 Å². The van der Waals surface area contributed by atoms with Crippen molar-refractivity contribution in [2.75, 3.05) is 0 Å². The lowest BCUT2D eigenvalue weighted by Gasteiger charge is -2.10. The van der Waals surface area contributed by atoms with Crippen molar-refractivity contribution < 1.29 is 19.2 Å². The van der Waals surface area contributed by atoms with Crippen molar-refractivity contribution in [1.82, 2.24) is 10.6 Å². The van der Waals surface area contributed by atoms with Crippen LogP contribution in [0.1, 0.15) is 43.4 Å². The van der Waals surface area contributed by atoms with Gasteiger partial charge < -0.3 is 0 Å². The average Bonchev–Trinajstić information content (AvgIpc) is 3.01. The molecular weight excluding hydrogens is 344 g/mol. The molecule has 6 nitrogen and oxygen atoms in total. The lowest BCUT2D eigenvalue weighted by atomic mass is 9.94. The molecule has 1 aromatic rings. The first-order chi connectivity index (χ1) is 12.8. The first-order valence-corrected chi connectivity index (χ1v) is 8.97. The van der Waals surface area contributed by atoms with Gasteiger partial charge in [0.2, 0.25) is 0 Å². The van der Waals surface area contributed by atoms with Crippen LogP contribution < -0.4 is 10.6 Å². The van der Waals surface area contributed by atoms with E-state index < -0.39 is 0 Å². The zero-order chi connectivity index (χ0) is 19.7. The molecule has 0 bridgehead atoms. The standard InChI is InChI=1S/C21H22N2O4/c1-11-4-5-14(6-8-16-12(2)18(24)22-20(16)26)10-15(11)7-9-17-13(3)19(25)23-21(17)27/h4-5,10H,6-9H2,1-3H3,(H,22,24,26)(H,23,25,27). The second kappa shape index (κ2) is 7.31. The van der Waals surface area contributed by atoms with Crippen LogP contribution in [0.5, 0.6) is 0 Å². The SMILES string of the molecule is CC1=C(CCc2ccc(C)c(CCC3=C(C)C(=O)NC3=O)c2)C(=O)NC1=O. The molecule has 140 valence electrons. The van der Waals surface area contributed by atoms with Gasteiger partial charge >= 0.3 is 0 Å². The van der Waals surface area contributed by atoms with Gasteiger partial charge in [0.25, 0.3) is 23.6 Å². The molecule has 0 aliphatic carbocycles. The average molecular weight is 366 g/mol. The third-order valence-corrected chi connectivity index (χ3v) is 5.31. The molecule has 0 radical (unpaired) electrons. The number of nitrogens with one attached hydrogen (secondary N) is 2. The topological polar surface area (TPSA) is 92.3 Å². The maximum atomic E-state index is 11.8. The van der Waals surface area contributed by atoms with Gasteiger partial charge in [-0.15, -0.1) is 0 Å². The van der Waals surface area contributed by atoms with E-state index in [4.69, 9.17) is 0 Å². The summed E-state index contributed by atoms with van der Waals surface area (Å²) in [5.74, 6) is -1.23. The Labute approximate surface area is 157 Å². The van der Waals surface area contributed by atoms with Crippen LogP contribution in [-0.4, -0.2) is 23.6 Å². The van der Waals surface area contributed by atoms with E-state index in [9.17, 15) is 19.2 Å².